The first-order chi connectivity index (χ1) is 8.70. The van der Waals surface area contributed by atoms with Gasteiger partial charge in [-0.25, -0.2) is 4.68 Å². The van der Waals surface area contributed by atoms with Crippen LogP contribution in [0.15, 0.2) is 16.7 Å². The summed E-state index contributed by atoms with van der Waals surface area (Å²) in [6.45, 7) is 2.63. The Morgan fingerprint density at radius 1 is 1.56 bits per heavy atom. The summed E-state index contributed by atoms with van der Waals surface area (Å²) in [7, 11) is 1.82. The quantitative estimate of drug-likeness (QED) is 0.873. The lowest BCUT2D eigenvalue weighted by molar-refractivity contribution is 0.309. The molecule has 1 aliphatic rings. The summed E-state index contributed by atoms with van der Waals surface area (Å²) >= 11 is 0. The van der Waals surface area contributed by atoms with Crippen LogP contribution < -0.4 is 10.1 Å². The molecule has 2 aromatic heterocycles. The van der Waals surface area contributed by atoms with Crippen LogP contribution in [0.4, 0.5) is 0 Å². The number of hydrogen-bond donors (Lipinski definition) is 1. The van der Waals surface area contributed by atoms with E-state index in [-0.39, 0.29) is 6.08 Å². The van der Waals surface area contributed by atoms with Crippen LogP contribution in [-0.4, -0.2) is 20.8 Å². The zero-order valence-electron chi connectivity index (χ0n) is 10.5. The van der Waals surface area contributed by atoms with Crippen molar-refractivity contribution in [3.8, 4) is 12.0 Å². The van der Waals surface area contributed by atoms with Gasteiger partial charge in [0.25, 0.3) is 0 Å². The minimum absolute atomic E-state index is 0.255. The first-order valence-electron chi connectivity index (χ1n) is 6.07. The average molecular weight is 248 g/mol. The lowest BCUT2D eigenvalue weighted by Gasteiger charge is -1.99. The summed E-state index contributed by atoms with van der Waals surface area (Å²) in [6, 6.07) is 2.50. The molecular formula is C12H16N4O2. The third-order valence-corrected chi connectivity index (χ3v) is 2.83. The first-order valence-corrected chi connectivity index (χ1v) is 6.07. The molecule has 18 heavy (non-hydrogen) atoms. The molecule has 0 aromatic carbocycles. The molecular weight excluding hydrogens is 232 g/mol. The second-order valence-electron chi connectivity index (χ2n) is 4.61. The molecule has 2 heterocycles. The molecule has 3 rings (SSSR count). The van der Waals surface area contributed by atoms with Crippen LogP contribution in [0.1, 0.15) is 24.2 Å². The van der Waals surface area contributed by atoms with Crippen LogP contribution in [0.25, 0.3) is 0 Å². The summed E-state index contributed by atoms with van der Waals surface area (Å²) in [5.74, 6) is 0.621. The van der Waals surface area contributed by atoms with Gasteiger partial charge in [0.15, 0.2) is 0 Å². The van der Waals surface area contributed by atoms with Crippen molar-refractivity contribution in [3.05, 3.63) is 23.7 Å². The molecule has 6 heteroatoms. The summed E-state index contributed by atoms with van der Waals surface area (Å²) in [4.78, 5) is 4.26. The average Bonchev–Trinajstić information content (AvgIpc) is 2.97. The maximum Gasteiger partial charge on any atom is 0.400 e. The highest BCUT2D eigenvalue weighted by Crippen LogP contribution is 2.22. The van der Waals surface area contributed by atoms with Crippen LogP contribution in [0.3, 0.4) is 0 Å². The summed E-state index contributed by atoms with van der Waals surface area (Å²) in [5, 5.41) is 7.56. The number of nitrogens with zero attached hydrogens (tertiary/aromatic N) is 3. The van der Waals surface area contributed by atoms with Gasteiger partial charge in [-0.15, -0.1) is 0 Å². The van der Waals surface area contributed by atoms with Gasteiger partial charge >= 0.3 is 6.08 Å². The van der Waals surface area contributed by atoms with E-state index in [2.05, 4.69) is 15.4 Å². The van der Waals surface area contributed by atoms with Gasteiger partial charge in [-0.1, -0.05) is 0 Å². The molecule has 0 spiro atoms. The number of hydrogen-bond acceptors (Lipinski definition) is 5. The van der Waals surface area contributed by atoms with Crippen molar-refractivity contribution in [2.75, 3.05) is 0 Å². The molecule has 0 aliphatic heterocycles. The van der Waals surface area contributed by atoms with Gasteiger partial charge in [-0.3, -0.25) is 0 Å². The van der Waals surface area contributed by atoms with Gasteiger partial charge in [0.05, 0.1) is 11.4 Å². The first kappa shape index (κ1) is 11.3. The third-order valence-electron chi connectivity index (χ3n) is 2.83. The molecule has 0 amide bonds. The van der Waals surface area contributed by atoms with Crippen LogP contribution in [0, 0.1) is 6.92 Å². The van der Waals surface area contributed by atoms with Gasteiger partial charge in [0.1, 0.15) is 6.26 Å². The predicted molar refractivity (Wildman–Crippen MR) is 64.4 cm³/mol. The maximum atomic E-state index is 5.53. The van der Waals surface area contributed by atoms with Gasteiger partial charge < -0.3 is 14.5 Å². The highest BCUT2D eigenvalue weighted by Gasteiger charge is 2.20. The van der Waals surface area contributed by atoms with Crippen LogP contribution >= 0.6 is 0 Å². The highest BCUT2D eigenvalue weighted by molar-refractivity contribution is 5.18. The van der Waals surface area contributed by atoms with Crippen molar-refractivity contribution in [1.82, 2.24) is 20.1 Å². The van der Waals surface area contributed by atoms with E-state index in [0.29, 0.717) is 11.9 Å². The minimum atomic E-state index is 0.255. The van der Waals surface area contributed by atoms with Crippen molar-refractivity contribution in [2.45, 2.75) is 32.4 Å². The van der Waals surface area contributed by atoms with E-state index in [1.54, 1.807) is 10.9 Å². The molecule has 0 bridgehead atoms. The zero-order chi connectivity index (χ0) is 12.5. The fraction of sp³-hybridized carbons (Fsp3) is 0.500. The maximum absolute atomic E-state index is 5.53. The van der Waals surface area contributed by atoms with Crippen LogP contribution in [0.2, 0.25) is 0 Å². The number of nitrogens with one attached hydrogen (secondary N) is 1. The number of aromatic nitrogens is 3. The molecule has 96 valence electrons. The Hall–Kier alpha value is -1.82. The van der Waals surface area contributed by atoms with Gasteiger partial charge in [0, 0.05) is 25.7 Å². The standard InChI is InChI=1S/C12H16N4O2/c1-8-5-11(16(2)15-8)18-12-14-10(7-17-12)6-13-9-3-4-9/h5,7,9,13H,3-4,6H2,1-2H3. The molecule has 1 N–H and O–H groups in total. The molecule has 1 aliphatic carbocycles. The zero-order valence-corrected chi connectivity index (χ0v) is 10.5. The normalized spacial score (nSPS) is 15.0. The van der Waals surface area contributed by atoms with E-state index in [0.717, 1.165) is 17.9 Å². The Morgan fingerprint density at radius 2 is 2.39 bits per heavy atom. The van der Waals surface area contributed by atoms with Crippen molar-refractivity contribution in [1.29, 1.82) is 0 Å². The number of oxazole rings is 1. The summed E-state index contributed by atoms with van der Waals surface area (Å²) < 4.78 is 12.5. The van der Waals surface area contributed by atoms with E-state index < -0.39 is 0 Å². The minimum Gasteiger partial charge on any atom is -0.417 e. The Kier molecular flexibility index (Phi) is 2.79. The van der Waals surface area contributed by atoms with Crippen LogP contribution in [0.5, 0.6) is 12.0 Å². The predicted octanol–water partition coefficient (Wildman–Crippen LogP) is 1.76. The van der Waals surface area contributed by atoms with Crippen molar-refractivity contribution < 1.29 is 9.15 Å². The Labute approximate surface area is 105 Å². The van der Waals surface area contributed by atoms with Gasteiger partial charge in [0.2, 0.25) is 5.88 Å². The second kappa shape index (κ2) is 4.45. The fourth-order valence-corrected chi connectivity index (χ4v) is 1.72. The van der Waals surface area contributed by atoms with E-state index >= 15 is 0 Å². The highest BCUT2D eigenvalue weighted by atomic mass is 16.6. The molecule has 2 aromatic rings. The fourth-order valence-electron chi connectivity index (χ4n) is 1.72. The van der Waals surface area contributed by atoms with E-state index in [9.17, 15) is 0 Å². The Morgan fingerprint density at radius 3 is 3.06 bits per heavy atom. The number of rotatable bonds is 5. The van der Waals surface area contributed by atoms with Crippen molar-refractivity contribution >= 4 is 0 Å². The van der Waals surface area contributed by atoms with E-state index in [4.69, 9.17) is 9.15 Å². The monoisotopic (exact) mass is 248 g/mol. The van der Waals surface area contributed by atoms with E-state index in [1.807, 2.05) is 20.0 Å². The largest absolute Gasteiger partial charge is 0.417 e. The molecule has 6 nitrogen and oxygen atoms in total. The smallest absolute Gasteiger partial charge is 0.400 e. The summed E-state index contributed by atoms with van der Waals surface area (Å²) in [5.41, 5.74) is 1.76. The number of aryl methyl sites for hydroxylation is 2. The lowest BCUT2D eigenvalue weighted by Crippen LogP contribution is -2.15. The molecule has 0 atom stereocenters. The topological polar surface area (TPSA) is 65.1 Å². The molecule has 0 saturated heterocycles. The Balaban J connectivity index is 1.63. The molecule has 1 fully saturated rings. The van der Waals surface area contributed by atoms with E-state index in [1.165, 1.54) is 12.8 Å². The third kappa shape index (κ3) is 2.53. The second-order valence-corrected chi connectivity index (χ2v) is 4.61. The van der Waals surface area contributed by atoms with Crippen LogP contribution in [-0.2, 0) is 13.6 Å². The van der Waals surface area contributed by atoms with Crippen molar-refractivity contribution in [3.63, 3.8) is 0 Å². The van der Waals surface area contributed by atoms with Gasteiger partial charge in [-0.2, -0.15) is 10.1 Å². The van der Waals surface area contributed by atoms with Gasteiger partial charge in [-0.05, 0) is 19.8 Å². The lowest BCUT2D eigenvalue weighted by atomic mass is 10.5. The molecule has 0 radical (unpaired) electrons. The van der Waals surface area contributed by atoms with Crippen molar-refractivity contribution in [2.24, 2.45) is 7.05 Å². The molecule has 1 saturated carbocycles. The SMILES string of the molecule is Cc1cc(Oc2nc(CNC3CC3)co2)n(C)n1. The summed E-state index contributed by atoms with van der Waals surface area (Å²) in [6.07, 6.45) is 4.39. The number of ether oxygens (including phenoxy) is 1. The molecule has 0 unspecified atom stereocenters. The Bertz CT molecular complexity index is 542.